The van der Waals surface area contributed by atoms with Crippen molar-refractivity contribution in [2.45, 2.75) is 32.3 Å². The molecule has 14 heavy (non-hydrogen) atoms. The maximum absolute atomic E-state index is 13.8. The minimum atomic E-state index is -1.79. The van der Waals surface area contributed by atoms with Crippen molar-refractivity contribution in [3.8, 4) is 0 Å². The van der Waals surface area contributed by atoms with E-state index in [1.54, 1.807) is 25.2 Å². The van der Waals surface area contributed by atoms with Crippen molar-refractivity contribution in [3.05, 3.63) is 37.0 Å². The molecule has 0 bridgehead atoms. The zero-order valence-corrected chi connectivity index (χ0v) is 9.87. The predicted molar refractivity (Wildman–Crippen MR) is 62.2 cm³/mol. The lowest BCUT2D eigenvalue weighted by atomic mass is 9.75. The third kappa shape index (κ3) is 2.71. The Kier molecular flexibility index (Phi) is 4.60. The monoisotopic (exact) mass is 216 g/mol. The molecule has 80 valence electrons. The normalized spacial score (nSPS) is 20.8. The Morgan fingerprint density at radius 2 is 1.93 bits per heavy atom. The van der Waals surface area contributed by atoms with Crippen LogP contribution < -0.4 is 0 Å². The SMILES string of the molecule is C=CC=C(C)C(C)(CC=C)C(C)(F)Cl. The second-order valence-electron chi connectivity index (χ2n) is 3.80. The van der Waals surface area contributed by atoms with E-state index in [9.17, 15) is 4.39 Å². The fraction of sp³-hybridized carbons (Fsp3) is 0.500. The van der Waals surface area contributed by atoms with Crippen LogP contribution in [0.4, 0.5) is 4.39 Å². The summed E-state index contributed by atoms with van der Waals surface area (Å²) in [4.78, 5) is 0. The van der Waals surface area contributed by atoms with Gasteiger partial charge >= 0.3 is 0 Å². The largest absolute Gasteiger partial charge is 0.226 e. The van der Waals surface area contributed by atoms with Crippen molar-refractivity contribution in [1.82, 2.24) is 0 Å². The molecule has 0 radical (unpaired) electrons. The van der Waals surface area contributed by atoms with Crippen molar-refractivity contribution in [3.63, 3.8) is 0 Å². The summed E-state index contributed by atoms with van der Waals surface area (Å²) in [5.74, 6) is 0. The van der Waals surface area contributed by atoms with Crippen molar-refractivity contribution >= 4 is 11.6 Å². The van der Waals surface area contributed by atoms with Gasteiger partial charge in [-0.25, -0.2) is 4.39 Å². The minimum Gasteiger partial charge on any atom is -0.226 e. The Hall–Kier alpha value is -0.560. The van der Waals surface area contributed by atoms with Crippen LogP contribution in [0.15, 0.2) is 37.0 Å². The smallest absolute Gasteiger partial charge is 0.190 e. The molecule has 0 nitrogen and oxygen atoms in total. The number of allylic oxidation sites excluding steroid dienone is 4. The maximum atomic E-state index is 13.8. The molecule has 0 aliphatic carbocycles. The second kappa shape index (κ2) is 4.79. The molecular formula is C12H18ClF. The first-order chi connectivity index (χ1) is 6.29. The predicted octanol–water partition coefficient (Wildman–Crippen LogP) is 4.63. The molecule has 0 aromatic rings. The van der Waals surface area contributed by atoms with Crippen molar-refractivity contribution < 1.29 is 4.39 Å². The number of hydrogen-bond donors (Lipinski definition) is 0. The summed E-state index contributed by atoms with van der Waals surface area (Å²) < 4.78 is 13.8. The van der Waals surface area contributed by atoms with Crippen LogP contribution in [-0.2, 0) is 0 Å². The average Bonchev–Trinajstić information content (AvgIpc) is 2.03. The van der Waals surface area contributed by atoms with Crippen LogP contribution in [0, 0.1) is 5.41 Å². The number of halogens is 2. The summed E-state index contributed by atoms with van der Waals surface area (Å²) in [5, 5.41) is -1.79. The molecule has 0 aliphatic rings. The zero-order chi connectivity index (χ0) is 11.4. The molecule has 0 aliphatic heterocycles. The summed E-state index contributed by atoms with van der Waals surface area (Å²) >= 11 is 5.76. The first-order valence-corrected chi connectivity index (χ1v) is 4.96. The van der Waals surface area contributed by atoms with Gasteiger partial charge in [-0.05, 0) is 20.3 Å². The van der Waals surface area contributed by atoms with Crippen LogP contribution in [0.1, 0.15) is 27.2 Å². The highest BCUT2D eigenvalue weighted by Gasteiger charge is 2.43. The summed E-state index contributed by atoms with van der Waals surface area (Å²) in [6.45, 7) is 12.2. The van der Waals surface area contributed by atoms with Gasteiger partial charge in [-0.1, -0.05) is 48.9 Å². The first-order valence-electron chi connectivity index (χ1n) is 4.58. The van der Waals surface area contributed by atoms with Crippen LogP contribution in [0.2, 0.25) is 0 Å². The molecule has 0 saturated carbocycles. The maximum Gasteiger partial charge on any atom is 0.190 e. The van der Waals surface area contributed by atoms with E-state index in [1.165, 1.54) is 6.92 Å². The molecule has 0 N–H and O–H groups in total. The summed E-state index contributed by atoms with van der Waals surface area (Å²) in [5.41, 5.74) is 0.136. The van der Waals surface area contributed by atoms with E-state index in [2.05, 4.69) is 13.2 Å². The van der Waals surface area contributed by atoms with Crippen LogP contribution in [0.25, 0.3) is 0 Å². The Morgan fingerprint density at radius 3 is 2.21 bits per heavy atom. The Bertz CT molecular complexity index is 248. The molecule has 0 spiro atoms. The highest BCUT2D eigenvalue weighted by Crippen LogP contribution is 2.46. The van der Waals surface area contributed by atoms with E-state index < -0.39 is 10.5 Å². The molecule has 0 amide bonds. The lowest BCUT2D eigenvalue weighted by Gasteiger charge is -2.37. The van der Waals surface area contributed by atoms with Crippen molar-refractivity contribution in [1.29, 1.82) is 0 Å². The van der Waals surface area contributed by atoms with Gasteiger partial charge < -0.3 is 0 Å². The fourth-order valence-electron chi connectivity index (χ4n) is 1.34. The zero-order valence-electron chi connectivity index (χ0n) is 9.11. The van der Waals surface area contributed by atoms with E-state index in [-0.39, 0.29) is 0 Å². The third-order valence-corrected chi connectivity index (χ3v) is 3.18. The van der Waals surface area contributed by atoms with Gasteiger partial charge in [0.05, 0.1) is 0 Å². The van der Waals surface area contributed by atoms with Crippen LogP contribution >= 0.6 is 11.6 Å². The van der Waals surface area contributed by atoms with Crippen LogP contribution in [-0.4, -0.2) is 5.13 Å². The van der Waals surface area contributed by atoms with E-state index in [1.807, 2.05) is 6.92 Å². The molecule has 0 heterocycles. The molecule has 2 heteroatoms. The number of rotatable bonds is 5. The molecule has 0 rings (SSSR count). The quantitative estimate of drug-likeness (QED) is 0.357. The molecular weight excluding hydrogens is 199 g/mol. The van der Waals surface area contributed by atoms with E-state index in [4.69, 9.17) is 11.6 Å². The average molecular weight is 217 g/mol. The van der Waals surface area contributed by atoms with Gasteiger partial charge in [0.25, 0.3) is 0 Å². The molecule has 0 saturated heterocycles. The van der Waals surface area contributed by atoms with Crippen LogP contribution in [0.3, 0.4) is 0 Å². The van der Waals surface area contributed by atoms with Gasteiger partial charge in [0.2, 0.25) is 0 Å². The van der Waals surface area contributed by atoms with Gasteiger partial charge in [0.1, 0.15) is 0 Å². The lowest BCUT2D eigenvalue weighted by molar-refractivity contribution is 0.137. The third-order valence-electron chi connectivity index (χ3n) is 2.76. The molecule has 0 fully saturated rings. The lowest BCUT2D eigenvalue weighted by Crippen LogP contribution is -2.36. The molecule has 0 aromatic heterocycles. The van der Waals surface area contributed by atoms with Crippen molar-refractivity contribution in [2.24, 2.45) is 5.41 Å². The summed E-state index contributed by atoms with van der Waals surface area (Å²) in [6, 6.07) is 0. The summed E-state index contributed by atoms with van der Waals surface area (Å²) in [7, 11) is 0. The van der Waals surface area contributed by atoms with E-state index >= 15 is 0 Å². The van der Waals surface area contributed by atoms with E-state index in [0.717, 1.165) is 5.57 Å². The highest BCUT2D eigenvalue weighted by atomic mass is 35.5. The van der Waals surface area contributed by atoms with Gasteiger partial charge in [0, 0.05) is 5.41 Å². The Morgan fingerprint density at radius 1 is 1.43 bits per heavy atom. The van der Waals surface area contributed by atoms with E-state index in [0.29, 0.717) is 6.42 Å². The second-order valence-corrected chi connectivity index (χ2v) is 4.51. The van der Waals surface area contributed by atoms with Gasteiger partial charge in [-0.15, -0.1) is 6.58 Å². The van der Waals surface area contributed by atoms with Gasteiger partial charge in [-0.2, -0.15) is 0 Å². The Labute approximate surface area is 91.2 Å². The Balaban J connectivity index is 5.19. The summed E-state index contributed by atoms with van der Waals surface area (Å²) in [6.07, 6.45) is 5.60. The fourth-order valence-corrected chi connectivity index (χ4v) is 1.56. The first kappa shape index (κ1) is 13.4. The number of hydrogen-bond acceptors (Lipinski definition) is 0. The number of alkyl halides is 2. The molecule has 2 atom stereocenters. The van der Waals surface area contributed by atoms with Gasteiger partial charge in [0.15, 0.2) is 5.13 Å². The highest BCUT2D eigenvalue weighted by molar-refractivity contribution is 6.23. The van der Waals surface area contributed by atoms with Gasteiger partial charge in [-0.3, -0.25) is 0 Å². The topological polar surface area (TPSA) is 0 Å². The van der Waals surface area contributed by atoms with Crippen LogP contribution in [0.5, 0.6) is 0 Å². The molecule has 2 unspecified atom stereocenters. The van der Waals surface area contributed by atoms with Crippen molar-refractivity contribution in [2.75, 3.05) is 0 Å². The standard InChI is InChI=1S/C12H18ClF/c1-6-8-10(3)11(4,9-7-2)12(5,13)14/h6-8H,1-2,9H2,3-5H3. The molecule has 0 aromatic carbocycles. The minimum absolute atomic E-state index is 0.500.